The number of nitrogens with one attached hydrogen (secondary N) is 1. The lowest BCUT2D eigenvalue weighted by atomic mass is 10.1. The Labute approximate surface area is 141 Å². The molecule has 0 aromatic carbocycles. The van der Waals surface area contributed by atoms with Crippen LogP contribution < -0.4 is 5.32 Å². The van der Waals surface area contributed by atoms with Crippen LogP contribution in [-0.4, -0.2) is 55.0 Å². The molecule has 1 amide bonds. The number of carbonyl (C=O) groups excluding carboxylic acids is 1. The fraction of sp³-hybridized carbons (Fsp3) is 0.944. The summed E-state index contributed by atoms with van der Waals surface area (Å²) in [6, 6.07) is 0. The van der Waals surface area contributed by atoms with Gasteiger partial charge in [-0.05, 0) is 51.6 Å². The largest absolute Gasteiger partial charge is 0.446 e. The highest BCUT2D eigenvalue weighted by Gasteiger charge is 2.15. The molecule has 0 saturated carbocycles. The van der Waals surface area contributed by atoms with Gasteiger partial charge >= 0.3 is 6.09 Å². The summed E-state index contributed by atoms with van der Waals surface area (Å²) in [5.74, 6) is 0. The number of piperidine rings is 1. The molecular formula is C18H36N2O3. The van der Waals surface area contributed by atoms with Gasteiger partial charge in [0.1, 0.15) is 6.10 Å². The third-order valence-corrected chi connectivity index (χ3v) is 4.48. The average molecular weight is 328 g/mol. The van der Waals surface area contributed by atoms with Crippen molar-refractivity contribution >= 4 is 6.09 Å². The molecule has 1 saturated heterocycles. The lowest BCUT2D eigenvalue weighted by Crippen LogP contribution is -2.38. The lowest BCUT2D eigenvalue weighted by molar-refractivity contribution is 0.0799. The summed E-state index contributed by atoms with van der Waals surface area (Å²) >= 11 is 0. The van der Waals surface area contributed by atoms with Crippen LogP contribution in [0, 0.1) is 0 Å². The smallest absolute Gasteiger partial charge is 0.407 e. The van der Waals surface area contributed by atoms with Crippen LogP contribution in [0.2, 0.25) is 0 Å². The first-order valence-corrected chi connectivity index (χ1v) is 9.54. The quantitative estimate of drug-likeness (QED) is 0.540. The Kier molecular flexibility index (Phi) is 12.0. The number of hydrogen-bond acceptors (Lipinski definition) is 4. The van der Waals surface area contributed by atoms with Crippen molar-refractivity contribution in [2.75, 3.05) is 32.8 Å². The summed E-state index contributed by atoms with van der Waals surface area (Å²) in [7, 11) is 0. The molecular weight excluding hydrogens is 292 g/mol. The number of ether oxygens (including phenoxy) is 1. The number of carbonyl (C=O) groups is 1. The van der Waals surface area contributed by atoms with Crippen molar-refractivity contribution in [3.8, 4) is 0 Å². The molecule has 1 aliphatic heterocycles. The number of aliphatic hydroxyl groups is 1. The van der Waals surface area contributed by atoms with E-state index in [2.05, 4.69) is 17.1 Å². The molecule has 0 bridgehead atoms. The van der Waals surface area contributed by atoms with Gasteiger partial charge in [-0.1, -0.05) is 32.6 Å². The standard InChI is InChI=1S/C18H36N2O3/c1-2-3-4-6-10-17(11-9-16-21)23-18(22)19-12-15-20-13-7-5-8-14-20/h17,21H,2-16H2,1H3,(H,19,22). The second-order valence-electron chi connectivity index (χ2n) is 6.57. The van der Waals surface area contributed by atoms with E-state index in [1.54, 1.807) is 0 Å². The molecule has 5 heteroatoms. The highest BCUT2D eigenvalue weighted by Crippen LogP contribution is 2.13. The van der Waals surface area contributed by atoms with Crippen molar-refractivity contribution in [3.05, 3.63) is 0 Å². The monoisotopic (exact) mass is 328 g/mol. The summed E-state index contributed by atoms with van der Waals surface area (Å²) in [6.45, 7) is 6.20. The minimum absolute atomic E-state index is 0.0611. The topological polar surface area (TPSA) is 61.8 Å². The van der Waals surface area contributed by atoms with E-state index in [1.165, 1.54) is 38.5 Å². The van der Waals surface area contributed by atoms with Crippen molar-refractivity contribution in [1.82, 2.24) is 10.2 Å². The molecule has 1 fully saturated rings. The predicted octanol–water partition coefficient (Wildman–Crippen LogP) is 3.31. The first-order chi connectivity index (χ1) is 11.3. The van der Waals surface area contributed by atoms with Gasteiger partial charge in [0.2, 0.25) is 0 Å². The zero-order chi connectivity index (χ0) is 16.8. The first kappa shape index (κ1) is 20.2. The van der Waals surface area contributed by atoms with E-state index in [0.29, 0.717) is 13.0 Å². The predicted molar refractivity (Wildman–Crippen MR) is 93.6 cm³/mol. The SMILES string of the molecule is CCCCCCC(CCCO)OC(=O)NCCN1CCCCC1. The van der Waals surface area contributed by atoms with Gasteiger partial charge in [-0.15, -0.1) is 0 Å². The summed E-state index contributed by atoms with van der Waals surface area (Å²) in [5.41, 5.74) is 0. The number of unbranched alkanes of at least 4 members (excludes halogenated alkanes) is 3. The molecule has 0 spiro atoms. The van der Waals surface area contributed by atoms with Gasteiger partial charge in [0.25, 0.3) is 0 Å². The normalized spacial score (nSPS) is 17.0. The Morgan fingerprint density at radius 2 is 1.87 bits per heavy atom. The van der Waals surface area contributed by atoms with Crippen LogP contribution in [0.5, 0.6) is 0 Å². The number of aliphatic hydroxyl groups excluding tert-OH is 1. The number of amides is 1. The number of nitrogens with zero attached hydrogens (tertiary/aromatic N) is 1. The number of rotatable bonds is 12. The van der Waals surface area contributed by atoms with E-state index in [4.69, 9.17) is 9.84 Å². The zero-order valence-corrected chi connectivity index (χ0v) is 14.9. The molecule has 1 heterocycles. The Bertz CT molecular complexity index is 294. The molecule has 0 radical (unpaired) electrons. The van der Waals surface area contributed by atoms with Crippen LogP contribution in [0.4, 0.5) is 4.79 Å². The summed E-state index contributed by atoms with van der Waals surface area (Å²) in [4.78, 5) is 14.3. The average Bonchev–Trinajstić information content (AvgIpc) is 2.57. The second kappa shape index (κ2) is 13.6. The minimum atomic E-state index is -0.305. The maximum atomic E-state index is 11.9. The molecule has 0 aliphatic carbocycles. The Balaban J connectivity index is 2.16. The molecule has 5 nitrogen and oxygen atoms in total. The Morgan fingerprint density at radius 3 is 2.57 bits per heavy atom. The molecule has 23 heavy (non-hydrogen) atoms. The highest BCUT2D eigenvalue weighted by molar-refractivity contribution is 5.67. The van der Waals surface area contributed by atoms with Gasteiger partial charge in [-0.3, -0.25) is 0 Å². The van der Waals surface area contributed by atoms with Gasteiger partial charge in [-0.25, -0.2) is 4.79 Å². The lowest BCUT2D eigenvalue weighted by Gasteiger charge is -2.26. The van der Waals surface area contributed by atoms with Crippen LogP contribution in [0.25, 0.3) is 0 Å². The molecule has 2 N–H and O–H groups in total. The molecule has 136 valence electrons. The van der Waals surface area contributed by atoms with Gasteiger partial charge in [0.05, 0.1) is 0 Å². The Morgan fingerprint density at radius 1 is 1.13 bits per heavy atom. The van der Waals surface area contributed by atoms with Gasteiger partial charge in [0.15, 0.2) is 0 Å². The van der Waals surface area contributed by atoms with Crippen molar-refractivity contribution in [2.45, 2.75) is 77.2 Å². The third kappa shape index (κ3) is 10.6. The van der Waals surface area contributed by atoms with Crippen molar-refractivity contribution in [2.24, 2.45) is 0 Å². The molecule has 1 aliphatic rings. The molecule has 1 unspecified atom stereocenters. The zero-order valence-electron chi connectivity index (χ0n) is 14.9. The highest BCUT2D eigenvalue weighted by atomic mass is 16.6. The van der Waals surface area contributed by atoms with Gasteiger partial charge < -0.3 is 20.1 Å². The van der Waals surface area contributed by atoms with Crippen molar-refractivity contribution < 1.29 is 14.6 Å². The summed E-state index contributed by atoms with van der Waals surface area (Å²) < 4.78 is 5.54. The van der Waals surface area contributed by atoms with E-state index in [0.717, 1.165) is 38.9 Å². The first-order valence-electron chi connectivity index (χ1n) is 9.54. The van der Waals surface area contributed by atoms with E-state index >= 15 is 0 Å². The van der Waals surface area contributed by atoms with Crippen molar-refractivity contribution in [3.63, 3.8) is 0 Å². The van der Waals surface area contributed by atoms with Crippen LogP contribution in [-0.2, 0) is 4.74 Å². The van der Waals surface area contributed by atoms with E-state index in [-0.39, 0.29) is 18.8 Å². The second-order valence-corrected chi connectivity index (χ2v) is 6.57. The maximum absolute atomic E-state index is 11.9. The van der Waals surface area contributed by atoms with Crippen LogP contribution >= 0.6 is 0 Å². The molecule has 0 aromatic heterocycles. The fourth-order valence-corrected chi connectivity index (χ4v) is 3.07. The number of alkyl carbamates (subject to hydrolysis) is 1. The maximum Gasteiger partial charge on any atom is 0.407 e. The fourth-order valence-electron chi connectivity index (χ4n) is 3.07. The third-order valence-electron chi connectivity index (χ3n) is 4.48. The van der Waals surface area contributed by atoms with Gasteiger partial charge in [0, 0.05) is 19.7 Å². The minimum Gasteiger partial charge on any atom is -0.446 e. The molecule has 0 aromatic rings. The summed E-state index contributed by atoms with van der Waals surface area (Å²) in [5, 5.41) is 11.9. The van der Waals surface area contributed by atoms with E-state index in [9.17, 15) is 4.79 Å². The van der Waals surface area contributed by atoms with E-state index < -0.39 is 0 Å². The van der Waals surface area contributed by atoms with Gasteiger partial charge in [-0.2, -0.15) is 0 Å². The van der Waals surface area contributed by atoms with Crippen LogP contribution in [0.15, 0.2) is 0 Å². The molecule has 1 rings (SSSR count). The van der Waals surface area contributed by atoms with Crippen molar-refractivity contribution in [1.29, 1.82) is 0 Å². The van der Waals surface area contributed by atoms with Crippen LogP contribution in [0.1, 0.15) is 71.1 Å². The van der Waals surface area contributed by atoms with E-state index in [1.807, 2.05) is 0 Å². The number of hydrogen-bond donors (Lipinski definition) is 2. The van der Waals surface area contributed by atoms with Crippen LogP contribution in [0.3, 0.4) is 0 Å². The Hall–Kier alpha value is -0.810. The summed E-state index contributed by atoms with van der Waals surface area (Å²) in [6.07, 6.45) is 10.6. The molecule has 1 atom stereocenters. The number of likely N-dealkylation sites (tertiary alicyclic amines) is 1.